The van der Waals surface area contributed by atoms with E-state index in [1.165, 1.54) is 11.8 Å². The lowest BCUT2D eigenvalue weighted by molar-refractivity contribution is -0.115. The minimum absolute atomic E-state index is 0.150. The second kappa shape index (κ2) is 7.72. The van der Waals surface area contributed by atoms with Crippen molar-refractivity contribution in [3.8, 4) is 11.5 Å². The molecule has 0 saturated carbocycles. The number of anilines is 1. The number of carbonyl (C=O) groups is 1. The summed E-state index contributed by atoms with van der Waals surface area (Å²) >= 11 is 7.05. The number of hydrogen-bond acceptors (Lipinski definition) is 5. The molecule has 0 aliphatic heterocycles. The lowest BCUT2D eigenvalue weighted by Crippen LogP contribution is -2.22. The van der Waals surface area contributed by atoms with Gasteiger partial charge in [-0.15, -0.1) is 10.2 Å². The Morgan fingerprint density at radius 3 is 2.60 bits per heavy atom. The smallest absolute Gasteiger partial charge is 0.277 e. The Kier molecular flexibility index (Phi) is 5.40. The number of aryl methyl sites for hydroxylation is 1. The highest BCUT2D eigenvalue weighted by molar-refractivity contribution is 8.00. The zero-order valence-electron chi connectivity index (χ0n) is 13.7. The zero-order chi connectivity index (χ0) is 17.8. The van der Waals surface area contributed by atoms with Crippen molar-refractivity contribution in [2.45, 2.75) is 24.3 Å². The molecule has 1 amide bonds. The fourth-order valence-electron chi connectivity index (χ4n) is 2.16. The van der Waals surface area contributed by atoms with Crippen LogP contribution in [0.5, 0.6) is 0 Å². The van der Waals surface area contributed by atoms with Crippen LogP contribution in [0.15, 0.2) is 58.2 Å². The Morgan fingerprint density at radius 1 is 1.16 bits per heavy atom. The first kappa shape index (κ1) is 17.5. The monoisotopic (exact) mass is 373 g/mol. The first-order chi connectivity index (χ1) is 12.0. The van der Waals surface area contributed by atoms with Crippen LogP contribution >= 0.6 is 23.4 Å². The summed E-state index contributed by atoms with van der Waals surface area (Å²) in [7, 11) is 0. The molecule has 0 spiro atoms. The van der Waals surface area contributed by atoms with Gasteiger partial charge in [-0.2, -0.15) is 0 Å². The summed E-state index contributed by atoms with van der Waals surface area (Å²) in [5.41, 5.74) is 2.63. The molecule has 7 heteroatoms. The van der Waals surface area contributed by atoms with Crippen LogP contribution in [0.4, 0.5) is 5.69 Å². The number of benzene rings is 2. The van der Waals surface area contributed by atoms with E-state index < -0.39 is 0 Å². The van der Waals surface area contributed by atoms with Crippen LogP contribution in [-0.4, -0.2) is 21.4 Å². The largest absolute Gasteiger partial charge is 0.411 e. The molecule has 3 aromatic rings. The van der Waals surface area contributed by atoms with Crippen LogP contribution in [-0.2, 0) is 4.79 Å². The van der Waals surface area contributed by atoms with Gasteiger partial charge in [0.15, 0.2) is 0 Å². The van der Waals surface area contributed by atoms with E-state index in [0.717, 1.165) is 11.1 Å². The Bertz CT molecular complexity index is 880. The van der Waals surface area contributed by atoms with Gasteiger partial charge in [0.05, 0.1) is 5.25 Å². The molecule has 1 aromatic heterocycles. The molecule has 1 N–H and O–H groups in total. The van der Waals surface area contributed by atoms with Crippen molar-refractivity contribution in [2.75, 3.05) is 5.32 Å². The van der Waals surface area contributed by atoms with Crippen molar-refractivity contribution in [1.82, 2.24) is 10.2 Å². The van der Waals surface area contributed by atoms with E-state index >= 15 is 0 Å². The number of hydrogen-bond donors (Lipinski definition) is 1. The molecule has 1 heterocycles. The Balaban J connectivity index is 1.65. The molecule has 0 aliphatic rings. The highest BCUT2D eigenvalue weighted by Gasteiger charge is 2.19. The number of amides is 1. The molecule has 0 saturated heterocycles. The summed E-state index contributed by atoms with van der Waals surface area (Å²) in [5.74, 6) is 0.300. The topological polar surface area (TPSA) is 68.0 Å². The van der Waals surface area contributed by atoms with E-state index in [0.29, 0.717) is 21.8 Å². The van der Waals surface area contributed by atoms with Gasteiger partial charge in [0.25, 0.3) is 5.22 Å². The normalized spacial score (nSPS) is 12.0. The van der Waals surface area contributed by atoms with Crippen LogP contribution in [0.2, 0.25) is 5.02 Å². The number of nitrogens with zero attached hydrogens (tertiary/aromatic N) is 2. The third-order valence-corrected chi connectivity index (χ3v) is 4.73. The summed E-state index contributed by atoms with van der Waals surface area (Å²) in [6, 6.07) is 14.7. The lowest BCUT2D eigenvalue weighted by Gasteiger charge is -2.09. The molecular weight excluding hydrogens is 358 g/mol. The fraction of sp³-hybridized carbons (Fsp3) is 0.167. The van der Waals surface area contributed by atoms with Crippen LogP contribution in [0.1, 0.15) is 12.5 Å². The quantitative estimate of drug-likeness (QED) is 0.649. The molecule has 3 rings (SSSR count). The molecule has 25 heavy (non-hydrogen) atoms. The number of nitrogens with one attached hydrogen (secondary N) is 1. The van der Waals surface area contributed by atoms with Gasteiger partial charge in [0.2, 0.25) is 11.8 Å². The maximum atomic E-state index is 12.3. The van der Waals surface area contributed by atoms with Crippen LogP contribution in [0.25, 0.3) is 11.5 Å². The molecule has 1 atom stereocenters. The Hall–Kier alpha value is -2.31. The first-order valence-electron chi connectivity index (χ1n) is 7.65. The van der Waals surface area contributed by atoms with Crippen molar-refractivity contribution in [3.05, 3.63) is 59.1 Å². The van der Waals surface area contributed by atoms with Gasteiger partial charge in [-0.3, -0.25) is 4.79 Å². The second-order valence-electron chi connectivity index (χ2n) is 5.44. The maximum absolute atomic E-state index is 12.3. The molecule has 0 fully saturated rings. The van der Waals surface area contributed by atoms with Gasteiger partial charge in [0.1, 0.15) is 0 Å². The second-order valence-corrected chi connectivity index (χ2v) is 7.17. The molecule has 0 unspecified atom stereocenters. The maximum Gasteiger partial charge on any atom is 0.277 e. The van der Waals surface area contributed by atoms with Gasteiger partial charge in [0, 0.05) is 16.3 Å². The minimum Gasteiger partial charge on any atom is -0.411 e. The van der Waals surface area contributed by atoms with Crippen molar-refractivity contribution in [3.63, 3.8) is 0 Å². The summed E-state index contributed by atoms with van der Waals surface area (Å²) in [5, 5.41) is 11.5. The summed E-state index contributed by atoms with van der Waals surface area (Å²) < 4.78 is 5.68. The van der Waals surface area contributed by atoms with Crippen molar-refractivity contribution in [2.24, 2.45) is 0 Å². The standard InChI is InChI=1S/C18H16ClN3O2S/c1-11-5-3-4-6-15(11)17-21-22-18(24-17)25-12(2)16(23)20-14-9-7-13(19)8-10-14/h3-10,12H,1-2H3,(H,20,23)/t12-/m1/s1. The van der Waals surface area contributed by atoms with E-state index in [-0.39, 0.29) is 11.2 Å². The number of halogens is 1. The van der Waals surface area contributed by atoms with E-state index in [2.05, 4.69) is 15.5 Å². The summed E-state index contributed by atoms with van der Waals surface area (Å²) in [4.78, 5) is 12.3. The number of aromatic nitrogens is 2. The van der Waals surface area contributed by atoms with Crippen molar-refractivity contribution in [1.29, 1.82) is 0 Å². The molecule has 0 bridgehead atoms. The highest BCUT2D eigenvalue weighted by Crippen LogP contribution is 2.28. The van der Waals surface area contributed by atoms with Crippen molar-refractivity contribution < 1.29 is 9.21 Å². The minimum atomic E-state index is -0.388. The van der Waals surface area contributed by atoms with Gasteiger partial charge < -0.3 is 9.73 Å². The predicted molar refractivity (Wildman–Crippen MR) is 99.9 cm³/mol. The SMILES string of the molecule is Cc1ccccc1-c1nnc(S[C@H](C)C(=O)Nc2ccc(Cl)cc2)o1. The summed E-state index contributed by atoms with van der Waals surface area (Å²) in [6.45, 7) is 3.77. The zero-order valence-corrected chi connectivity index (χ0v) is 15.3. The Labute approximate surface area is 154 Å². The van der Waals surface area contributed by atoms with Crippen molar-refractivity contribution >= 4 is 35.0 Å². The van der Waals surface area contributed by atoms with Gasteiger partial charge in [-0.05, 0) is 49.7 Å². The predicted octanol–water partition coefficient (Wildman–Crippen LogP) is 4.82. The molecule has 2 aromatic carbocycles. The number of rotatable bonds is 5. The average Bonchev–Trinajstić information content (AvgIpc) is 3.05. The Morgan fingerprint density at radius 2 is 1.88 bits per heavy atom. The third-order valence-electron chi connectivity index (χ3n) is 3.54. The molecule has 0 radical (unpaired) electrons. The number of carbonyl (C=O) groups excluding carboxylic acids is 1. The van der Waals surface area contributed by atoms with Gasteiger partial charge in [-0.1, -0.05) is 41.6 Å². The third kappa shape index (κ3) is 4.41. The molecule has 128 valence electrons. The van der Waals surface area contributed by atoms with E-state index in [1.807, 2.05) is 31.2 Å². The first-order valence-corrected chi connectivity index (χ1v) is 8.91. The van der Waals surface area contributed by atoms with Crippen LogP contribution < -0.4 is 5.32 Å². The van der Waals surface area contributed by atoms with E-state index in [4.69, 9.17) is 16.0 Å². The van der Waals surface area contributed by atoms with Gasteiger partial charge >= 0.3 is 0 Å². The molecule has 5 nitrogen and oxygen atoms in total. The molecular formula is C18H16ClN3O2S. The molecule has 0 aliphatic carbocycles. The van der Waals surface area contributed by atoms with E-state index in [1.54, 1.807) is 31.2 Å². The summed E-state index contributed by atoms with van der Waals surface area (Å²) in [6.07, 6.45) is 0. The highest BCUT2D eigenvalue weighted by atomic mass is 35.5. The average molecular weight is 374 g/mol. The van der Waals surface area contributed by atoms with Gasteiger partial charge in [-0.25, -0.2) is 0 Å². The van der Waals surface area contributed by atoms with E-state index in [9.17, 15) is 4.79 Å². The lowest BCUT2D eigenvalue weighted by atomic mass is 10.1. The number of thioether (sulfide) groups is 1. The van der Waals surface area contributed by atoms with Crippen LogP contribution in [0, 0.1) is 6.92 Å². The fourth-order valence-corrected chi connectivity index (χ4v) is 2.97. The van der Waals surface area contributed by atoms with Crippen LogP contribution in [0.3, 0.4) is 0 Å².